The minimum Gasteiger partial charge on any atom is -0.508 e. The van der Waals surface area contributed by atoms with Crippen LogP contribution in [0.5, 0.6) is 11.5 Å². The summed E-state index contributed by atoms with van der Waals surface area (Å²) in [7, 11) is 1.62. The van der Waals surface area contributed by atoms with Crippen molar-refractivity contribution >= 4 is 11.9 Å². The number of nitrogens with zero attached hydrogens (tertiary/aromatic N) is 1. The van der Waals surface area contributed by atoms with Crippen molar-refractivity contribution in [1.82, 2.24) is 4.90 Å². The molecule has 0 saturated heterocycles. The van der Waals surface area contributed by atoms with Gasteiger partial charge in [-0.25, -0.2) is 4.79 Å². The molecular weight excluding hydrogens is 444 g/mol. The number of carboxylic acids is 1. The van der Waals surface area contributed by atoms with E-state index in [1.54, 1.807) is 19.2 Å². The Morgan fingerprint density at radius 3 is 2.26 bits per heavy atom. The number of phenolic OH excluding ortho intramolecular Hbond substituents is 1. The molecule has 0 aromatic heterocycles. The molecule has 2 atom stereocenters. The van der Waals surface area contributed by atoms with E-state index < -0.39 is 24.0 Å². The zero-order chi connectivity index (χ0) is 25.3. The van der Waals surface area contributed by atoms with E-state index in [0.717, 1.165) is 44.7 Å². The molecule has 7 nitrogen and oxygen atoms in total. The number of aryl methyl sites for hydroxylation is 2. The lowest BCUT2D eigenvalue weighted by molar-refractivity contribution is -0.152. The third-order valence-corrected chi connectivity index (χ3v) is 6.75. The molecule has 0 spiro atoms. The highest BCUT2D eigenvalue weighted by atomic mass is 16.5. The van der Waals surface area contributed by atoms with Crippen LogP contribution < -0.4 is 10.5 Å². The Bertz CT molecular complexity index is 1250. The van der Waals surface area contributed by atoms with Gasteiger partial charge >= 0.3 is 5.97 Å². The summed E-state index contributed by atoms with van der Waals surface area (Å²) in [4.78, 5) is 26.9. The molecule has 0 aliphatic carbocycles. The molecule has 1 aliphatic heterocycles. The fourth-order valence-electron chi connectivity index (χ4n) is 4.81. The molecule has 1 unspecified atom stereocenters. The third-order valence-electron chi connectivity index (χ3n) is 6.75. The summed E-state index contributed by atoms with van der Waals surface area (Å²) in [5.74, 6) is -0.520. The van der Waals surface area contributed by atoms with E-state index in [4.69, 9.17) is 10.5 Å². The van der Waals surface area contributed by atoms with Crippen molar-refractivity contribution in [2.45, 2.75) is 45.3 Å². The van der Waals surface area contributed by atoms with Crippen LogP contribution >= 0.6 is 0 Å². The second kappa shape index (κ2) is 9.80. The van der Waals surface area contributed by atoms with Crippen LogP contribution in [0, 0.1) is 13.8 Å². The lowest BCUT2D eigenvalue weighted by atomic mass is 9.89. The number of nitrogens with two attached hydrogens (primary N) is 1. The minimum absolute atomic E-state index is 0.162. The Morgan fingerprint density at radius 1 is 1.03 bits per heavy atom. The van der Waals surface area contributed by atoms with E-state index in [2.05, 4.69) is 0 Å². The Labute approximate surface area is 204 Å². The van der Waals surface area contributed by atoms with Crippen molar-refractivity contribution in [3.63, 3.8) is 0 Å². The van der Waals surface area contributed by atoms with E-state index in [-0.39, 0.29) is 25.1 Å². The molecule has 4 N–H and O–H groups in total. The normalized spacial score (nSPS) is 15.9. The van der Waals surface area contributed by atoms with Crippen molar-refractivity contribution in [2.24, 2.45) is 5.73 Å². The quantitative estimate of drug-likeness (QED) is 0.503. The molecule has 0 fully saturated rings. The van der Waals surface area contributed by atoms with Gasteiger partial charge in [0.15, 0.2) is 0 Å². The monoisotopic (exact) mass is 474 g/mol. The first kappa shape index (κ1) is 24.3. The topological polar surface area (TPSA) is 113 Å². The zero-order valence-electron chi connectivity index (χ0n) is 20.1. The smallest absolute Gasteiger partial charge is 0.326 e. The van der Waals surface area contributed by atoms with Crippen molar-refractivity contribution < 1.29 is 24.5 Å². The van der Waals surface area contributed by atoms with Crippen molar-refractivity contribution in [3.05, 3.63) is 82.4 Å². The number of aromatic hydroxyl groups is 1. The molecule has 0 radical (unpaired) electrons. The van der Waals surface area contributed by atoms with Gasteiger partial charge in [-0.2, -0.15) is 0 Å². The van der Waals surface area contributed by atoms with Gasteiger partial charge in [0, 0.05) is 13.0 Å². The van der Waals surface area contributed by atoms with Crippen LogP contribution in [0.1, 0.15) is 27.8 Å². The largest absolute Gasteiger partial charge is 0.508 e. The van der Waals surface area contributed by atoms with Crippen molar-refractivity contribution in [2.75, 3.05) is 7.11 Å². The van der Waals surface area contributed by atoms with Crippen LogP contribution in [0.4, 0.5) is 0 Å². The standard InChI is InChI=1S/C28H30N2O5/c1-16-10-22(31)11-17(2)24(16)14-25(29)27(32)30-15-21-12-19(18-6-8-23(35-3)9-7-18)4-5-20(21)13-26(30)28(33)34/h4-12,25-26,31H,13-15,29H2,1-3H3,(H,33,34)/t25?,26-/m0/s1. The van der Waals surface area contributed by atoms with Crippen molar-refractivity contribution in [3.8, 4) is 22.6 Å². The summed E-state index contributed by atoms with van der Waals surface area (Å²) in [5.41, 5.74) is 12.7. The summed E-state index contributed by atoms with van der Waals surface area (Å²) in [6.07, 6.45) is 0.488. The number of amides is 1. The summed E-state index contributed by atoms with van der Waals surface area (Å²) in [6.45, 7) is 3.89. The molecule has 3 aromatic carbocycles. The van der Waals surface area contributed by atoms with Gasteiger partial charge in [-0.3, -0.25) is 4.79 Å². The number of rotatable bonds is 6. The Hall–Kier alpha value is -3.84. The molecule has 0 bridgehead atoms. The Kier molecular flexibility index (Phi) is 6.80. The Balaban J connectivity index is 1.60. The van der Waals surface area contributed by atoms with Gasteiger partial charge in [0.25, 0.3) is 0 Å². The summed E-state index contributed by atoms with van der Waals surface area (Å²) < 4.78 is 5.23. The van der Waals surface area contributed by atoms with Crippen molar-refractivity contribution in [1.29, 1.82) is 0 Å². The molecule has 35 heavy (non-hydrogen) atoms. The van der Waals surface area contributed by atoms with Crippen LogP contribution in [0.25, 0.3) is 11.1 Å². The van der Waals surface area contributed by atoms with Gasteiger partial charge in [0.05, 0.1) is 13.2 Å². The number of carbonyl (C=O) groups excluding carboxylic acids is 1. The Morgan fingerprint density at radius 2 is 1.66 bits per heavy atom. The van der Waals surface area contributed by atoms with E-state index in [9.17, 15) is 19.8 Å². The van der Waals surface area contributed by atoms with E-state index in [0.29, 0.717) is 0 Å². The van der Waals surface area contributed by atoms with Gasteiger partial charge in [-0.05, 0) is 89.5 Å². The number of carboxylic acid groups (broad SMARTS) is 1. The third kappa shape index (κ3) is 5.00. The maximum Gasteiger partial charge on any atom is 0.326 e. The summed E-state index contributed by atoms with van der Waals surface area (Å²) in [6, 6.07) is 15.0. The summed E-state index contributed by atoms with van der Waals surface area (Å²) >= 11 is 0. The average Bonchev–Trinajstić information content (AvgIpc) is 2.84. The first-order chi connectivity index (χ1) is 16.7. The lowest BCUT2D eigenvalue weighted by Crippen LogP contribution is -2.54. The number of hydrogen-bond acceptors (Lipinski definition) is 5. The SMILES string of the molecule is COc1ccc(-c2ccc3c(c2)CN(C(=O)C(N)Cc2c(C)cc(O)cc2C)[C@H](C(=O)O)C3)cc1. The average molecular weight is 475 g/mol. The second-order valence-electron chi connectivity index (χ2n) is 9.11. The number of ether oxygens (including phenoxy) is 1. The number of methoxy groups -OCH3 is 1. The van der Waals surface area contributed by atoms with Gasteiger partial charge in [0.1, 0.15) is 17.5 Å². The minimum atomic E-state index is -1.05. The predicted octanol–water partition coefficient (Wildman–Crippen LogP) is 3.59. The van der Waals surface area contributed by atoms with Crippen LogP contribution in [-0.4, -0.2) is 46.2 Å². The number of phenols is 1. The van der Waals surface area contributed by atoms with Gasteiger partial charge < -0.3 is 25.6 Å². The fraction of sp³-hybridized carbons (Fsp3) is 0.286. The van der Waals surface area contributed by atoms with Gasteiger partial charge in [0.2, 0.25) is 5.91 Å². The van der Waals surface area contributed by atoms with Crippen LogP contribution in [0.15, 0.2) is 54.6 Å². The van der Waals surface area contributed by atoms with E-state index >= 15 is 0 Å². The fourth-order valence-corrected chi connectivity index (χ4v) is 4.81. The highest BCUT2D eigenvalue weighted by Gasteiger charge is 2.36. The molecule has 1 aliphatic rings. The first-order valence-electron chi connectivity index (χ1n) is 11.5. The van der Waals surface area contributed by atoms with Gasteiger partial charge in [-0.1, -0.05) is 24.3 Å². The van der Waals surface area contributed by atoms with E-state index in [1.165, 1.54) is 4.90 Å². The molecule has 0 saturated carbocycles. The highest BCUT2D eigenvalue weighted by Crippen LogP contribution is 2.30. The molecule has 1 heterocycles. The number of hydrogen-bond donors (Lipinski definition) is 3. The zero-order valence-corrected chi connectivity index (χ0v) is 20.1. The molecule has 7 heteroatoms. The molecular formula is C28H30N2O5. The number of fused-ring (bicyclic) bond motifs is 1. The predicted molar refractivity (Wildman–Crippen MR) is 133 cm³/mol. The highest BCUT2D eigenvalue weighted by molar-refractivity contribution is 5.88. The molecule has 1 amide bonds. The second-order valence-corrected chi connectivity index (χ2v) is 9.11. The van der Waals surface area contributed by atoms with Crippen LogP contribution in [0.3, 0.4) is 0 Å². The number of carbonyl (C=O) groups is 2. The molecule has 4 rings (SSSR count). The maximum atomic E-state index is 13.4. The van der Waals surface area contributed by atoms with Crippen LogP contribution in [-0.2, 0) is 29.0 Å². The number of benzene rings is 3. The first-order valence-corrected chi connectivity index (χ1v) is 11.5. The van der Waals surface area contributed by atoms with Crippen LogP contribution in [0.2, 0.25) is 0 Å². The molecule has 182 valence electrons. The molecule has 3 aromatic rings. The van der Waals surface area contributed by atoms with Gasteiger partial charge in [-0.15, -0.1) is 0 Å². The number of aliphatic carboxylic acids is 1. The summed E-state index contributed by atoms with van der Waals surface area (Å²) in [5, 5.41) is 19.7. The lowest BCUT2D eigenvalue weighted by Gasteiger charge is -2.36. The maximum absolute atomic E-state index is 13.4. The van der Waals surface area contributed by atoms with E-state index in [1.807, 2.05) is 56.3 Å².